The van der Waals surface area contributed by atoms with Crippen molar-refractivity contribution in [2.24, 2.45) is 4.99 Å². The molecule has 0 bridgehead atoms. The van der Waals surface area contributed by atoms with Gasteiger partial charge < -0.3 is 22.0 Å². The van der Waals surface area contributed by atoms with Gasteiger partial charge in [0.15, 0.2) is 0 Å². The van der Waals surface area contributed by atoms with Gasteiger partial charge in [-0.3, -0.25) is 4.79 Å². The topological polar surface area (TPSA) is 49.7 Å². The summed E-state index contributed by atoms with van der Waals surface area (Å²) in [5.74, 6) is -0.282. The van der Waals surface area contributed by atoms with Crippen molar-refractivity contribution < 1.29 is 26.8 Å². The minimum absolute atomic E-state index is 0. The Kier molecular flexibility index (Phi) is 7.03. The average molecular weight is 209 g/mol. The summed E-state index contributed by atoms with van der Waals surface area (Å²) in [4.78, 5) is 13.9. The van der Waals surface area contributed by atoms with Crippen LogP contribution in [0, 0.1) is 0 Å². The van der Waals surface area contributed by atoms with Crippen molar-refractivity contribution in [2.45, 2.75) is 13.0 Å². The molecule has 0 aromatic carbocycles. The van der Waals surface area contributed by atoms with Crippen LogP contribution in [-0.2, 0) is 4.79 Å². The predicted octanol–water partition coefficient (Wildman–Crippen LogP) is -3.33. The van der Waals surface area contributed by atoms with E-state index in [1.165, 1.54) is 13.1 Å². The standard InChI is InChI=1S/C8H17N2O2.ClH/c1-7(11)9-5-8(12)6-10(2,3)4;/h5,8,12H,6H2,1-4H3;1H/q+1;/p-1. The quantitative estimate of drug-likeness (QED) is 0.390. The van der Waals surface area contributed by atoms with E-state index in [0.29, 0.717) is 11.0 Å². The summed E-state index contributed by atoms with van der Waals surface area (Å²) < 4.78 is 0.644. The van der Waals surface area contributed by atoms with Crippen LogP contribution in [0.2, 0.25) is 0 Å². The minimum atomic E-state index is -0.645. The Morgan fingerprint density at radius 2 is 2.00 bits per heavy atom. The molecule has 0 heterocycles. The molecular weight excluding hydrogens is 192 g/mol. The smallest absolute Gasteiger partial charge is 0.242 e. The molecular formula is C8H17ClN2O2. The Morgan fingerprint density at radius 1 is 1.54 bits per heavy atom. The molecule has 0 spiro atoms. The molecule has 0 rings (SSSR count). The first kappa shape index (κ1) is 15.0. The summed E-state index contributed by atoms with van der Waals surface area (Å²) in [7, 11) is 5.89. The lowest BCUT2D eigenvalue weighted by Crippen LogP contribution is -3.00. The molecule has 4 nitrogen and oxygen atoms in total. The van der Waals surface area contributed by atoms with Gasteiger partial charge in [0, 0.05) is 13.1 Å². The Labute approximate surface area is 85.3 Å². The number of carbonyl (C=O) groups excluding carboxylic acids is 1. The van der Waals surface area contributed by atoms with Gasteiger partial charge in [0.1, 0.15) is 12.6 Å². The maximum atomic E-state index is 10.4. The molecule has 0 aliphatic carbocycles. The van der Waals surface area contributed by atoms with E-state index in [1.54, 1.807) is 0 Å². The number of aliphatic imine (C=N–C) groups is 1. The van der Waals surface area contributed by atoms with Crippen LogP contribution in [0.1, 0.15) is 6.92 Å². The van der Waals surface area contributed by atoms with Crippen LogP contribution in [-0.4, -0.2) is 55.5 Å². The van der Waals surface area contributed by atoms with Crippen LogP contribution >= 0.6 is 0 Å². The van der Waals surface area contributed by atoms with E-state index < -0.39 is 6.10 Å². The molecule has 0 aliphatic rings. The fraction of sp³-hybridized carbons (Fsp3) is 0.750. The largest absolute Gasteiger partial charge is 1.00 e. The summed E-state index contributed by atoms with van der Waals surface area (Å²) in [5, 5.41) is 9.32. The second-order valence-electron chi connectivity index (χ2n) is 3.84. The molecule has 1 amide bonds. The minimum Gasteiger partial charge on any atom is -1.00 e. The molecule has 1 unspecified atom stereocenters. The number of rotatable bonds is 3. The fourth-order valence-corrected chi connectivity index (χ4v) is 0.799. The van der Waals surface area contributed by atoms with Crippen molar-refractivity contribution in [3.8, 4) is 0 Å². The third-order valence-electron chi connectivity index (χ3n) is 1.16. The molecule has 78 valence electrons. The Bertz CT molecular complexity index is 187. The van der Waals surface area contributed by atoms with Gasteiger partial charge >= 0.3 is 0 Å². The molecule has 1 atom stereocenters. The summed E-state index contributed by atoms with van der Waals surface area (Å²) in [6, 6.07) is 0. The van der Waals surface area contributed by atoms with Gasteiger partial charge in [0.25, 0.3) is 0 Å². The normalized spacial score (nSPS) is 13.9. The second kappa shape index (κ2) is 6.07. The number of quaternary nitrogens is 1. The lowest BCUT2D eigenvalue weighted by Gasteiger charge is -2.25. The number of hydrogen-bond donors (Lipinski definition) is 1. The van der Waals surface area contributed by atoms with E-state index in [-0.39, 0.29) is 18.3 Å². The average Bonchev–Trinajstić information content (AvgIpc) is 1.79. The molecule has 13 heavy (non-hydrogen) atoms. The molecule has 0 saturated heterocycles. The maximum Gasteiger partial charge on any atom is 0.242 e. The molecule has 5 heteroatoms. The van der Waals surface area contributed by atoms with Gasteiger partial charge in [0.05, 0.1) is 21.1 Å². The summed E-state index contributed by atoms with van der Waals surface area (Å²) in [6.45, 7) is 1.91. The van der Waals surface area contributed by atoms with Gasteiger partial charge in [-0.25, -0.2) is 4.99 Å². The molecule has 0 aliphatic heterocycles. The van der Waals surface area contributed by atoms with Gasteiger partial charge in [0.2, 0.25) is 5.91 Å². The second-order valence-corrected chi connectivity index (χ2v) is 3.84. The predicted molar refractivity (Wildman–Crippen MR) is 48.1 cm³/mol. The number of carbonyl (C=O) groups is 1. The summed E-state index contributed by atoms with van der Waals surface area (Å²) in [6.07, 6.45) is 0.639. The van der Waals surface area contributed by atoms with Gasteiger partial charge in [-0.15, -0.1) is 0 Å². The van der Waals surface area contributed by atoms with E-state index in [9.17, 15) is 9.90 Å². The zero-order chi connectivity index (χ0) is 9.78. The van der Waals surface area contributed by atoms with Crippen LogP contribution in [0.25, 0.3) is 0 Å². The number of aliphatic hydroxyl groups is 1. The van der Waals surface area contributed by atoms with Crippen LogP contribution in [0.5, 0.6) is 0 Å². The molecule has 0 aromatic rings. The van der Waals surface area contributed by atoms with E-state index in [1.807, 2.05) is 21.1 Å². The third-order valence-corrected chi connectivity index (χ3v) is 1.16. The van der Waals surface area contributed by atoms with Gasteiger partial charge in [-0.05, 0) is 0 Å². The van der Waals surface area contributed by atoms with Crippen molar-refractivity contribution in [3.63, 3.8) is 0 Å². The molecule has 0 radical (unpaired) electrons. The van der Waals surface area contributed by atoms with Crippen LogP contribution in [0.3, 0.4) is 0 Å². The van der Waals surface area contributed by atoms with E-state index in [0.717, 1.165) is 0 Å². The van der Waals surface area contributed by atoms with Crippen LogP contribution < -0.4 is 12.4 Å². The van der Waals surface area contributed by atoms with E-state index in [4.69, 9.17) is 0 Å². The Balaban J connectivity index is 0. The van der Waals surface area contributed by atoms with E-state index >= 15 is 0 Å². The highest BCUT2D eigenvalue weighted by Crippen LogP contribution is 1.92. The van der Waals surface area contributed by atoms with Crippen molar-refractivity contribution in [1.29, 1.82) is 0 Å². The first-order valence-corrected chi connectivity index (χ1v) is 3.84. The highest BCUT2D eigenvalue weighted by Gasteiger charge is 2.12. The Morgan fingerprint density at radius 3 is 2.31 bits per heavy atom. The number of halogens is 1. The molecule has 1 N–H and O–H groups in total. The number of amides is 1. The van der Waals surface area contributed by atoms with Crippen molar-refractivity contribution in [2.75, 3.05) is 27.7 Å². The first-order valence-electron chi connectivity index (χ1n) is 3.84. The number of aliphatic hydroxyl groups excluding tert-OH is 1. The number of hydrogen-bond acceptors (Lipinski definition) is 2. The maximum absolute atomic E-state index is 10.4. The van der Waals surface area contributed by atoms with E-state index in [2.05, 4.69) is 4.99 Å². The lowest BCUT2D eigenvalue weighted by atomic mass is 10.3. The lowest BCUT2D eigenvalue weighted by molar-refractivity contribution is -0.872. The highest BCUT2D eigenvalue weighted by molar-refractivity contribution is 5.84. The van der Waals surface area contributed by atoms with Crippen molar-refractivity contribution in [1.82, 2.24) is 0 Å². The zero-order valence-corrected chi connectivity index (χ0v) is 9.25. The van der Waals surface area contributed by atoms with Crippen molar-refractivity contribution in [3.05, 3.63) is 0 Å². The highest BCUT2D eigenvalue weighted by atomic mass is 35.5. The first-order chi connectivity index (χ1) is 5.31. The molecule has 0 aromatic heterocycles. The van der Waals surface area contributed by atoms with Crippen LogP contribution in [0.15, 0.2) is 4.99 Å². The van der Waals surface area contributed by atoms with Crippen molar-refractivity contribution >= 4 is 12.1 Å². The fourth-order valence-electron chi connectivity index (χ4n) is 0.799. The zero-order valence-electron chi connectivity index (χ0n) is 8.49. The monoisotopic (exact) mass is 208 g/mol. The van der Waals surface area contributed by atoms with Gasteiger partial charge in [-0.1, -0.05) is 0 Å². The van der Waals surface area contributed by atoms with Crippen LogP contribution in [0.4, 0.5) is 0 Å². The summed E-state index contributed by atoms with van der Waals surface area (Å²) >= 11 is 0. The molecule has 0 saturated carbocycles. The number of nitrogens with zero attached hydrogens (tertiary/aromatic N) is 2. The van der Waals surface area contributed by atoms with Gasteiger partial charge in [-0.2, -0.15) is 0 Å². The Hall–Kier alpha value is -0.450. The number of likely N-dealkylation sites (N-methyl/N-ethyl adjacent to an activating group) is 1. The SMILES string of the molecule is CC(=O)N=CC(O)C[N+](C)(C)C.[Cl-]. The summed E-state index contributed by atoms with van der Waals surface area (Å²) in [5.41, 5.74) is 0. The third kappa shape index (κ3) is 11.5. The molecule has 0 fully saturated rings.